The van der Waals surface area contributed by atoms with Gasteiger partial charge in [0.2, 0.25) is 0 Å². The molecule has 1 aliphatic heterocycles. The first kappa shape index (κ1) is 7.38. The molecule has 2 amide bonds. The minimum absolute atomic E-state index is 0.0550. The van der Waals surface area contributed by atoms with Crippen molar-refractivity contribution in [2.24, 2.45) is 0 Å². The third-order valence-corrected chi connectivity index (χ3v) is 2.16. The van der Waals surface area contributed by atoms with Gasteiger partial charge in [0.1, 0.15) is 0 Å². The van der Waals surface area contributed by atoms with Gasteiger partial charge in [-0.15, -0.1) is 0 Å². The Kier molecular flexibility index (Phi) is 1.83. The summed E-state index contributed by atoms with van der Waals surface area (Å²) in [5.41, 5.74) is 0. The third kappa shape index (κ3) is 0.958. The molecular formula is C7H14N2O. The Morgan fingerprint density at radius 2 is 2.30 bits per heavy atom. The molecule has 1 rings (SSSR count). The van der Waals surface area contributed by atoms with Crippen LogP contribution in [0.15, 0.2) is 0 Å². The summed E-state index contributed by atoms with van der Waals surface area (Å²) in [6, 6.07) is 0.745. The lowest BCUT2D eigenvalue weighted by atomic mass is 10.1. The normalized spacial score (nSPS) is 32.7. The standard InChI is InChI=1S/C7H14N2O/c1-4-6-5(2)8-7(10)9(6)3/h5-6H,4H2,1-3H3,(H,8,10). The van der Waals surface area contributed by atoms with Crippen molar-refractivity contribution in [3.63, 3.8) is 0 Å². The van der Waals surface area contributed by atoms with Gasteiger partial charge in [-0.05, 0) is 13.3 Å². The van der Waals surface area contributed by atoms with Gasteiger partial charge in [0.05, 0.1) is 6.04 Å². The van der Waals surface area contributed by atoms with Crippen LogP contribution in [0.1, 0.15) is 20.3 Å². The van der Waals surface area contributed by atoms with Gasteiger partial charge in [0.15, 0.2) is 0 Å². The molecule has 0 saturated carbocycles. The first-order valence-corrected chi connectivity index (χ1v) is 3.70. The highest BCUT2D eigenvalue weighted by Gasteiger charge is 2.31. The summed E-state index contributed by atoms with van der Waals surface area (Å²) < 4.78 is 0. The van der Waals surface area contributed by atoms with Crippen molar-refractivity contribution in [2.75, 3.05) is 7.05 Å². The molecule has 2 unspecified atom stereocenters. The van der Waals surface area contributed by atoms with Crippen LogP contribution in [0.2, 0.25) is 0 Å². The van der Waals surface area contributed by atoms with E-state index < -0.39 is 0 Å². The lowest BCUT2D eigenvalue weighted by molar-refractivity contribution is 0.214. The molecule has 2 atom stereocenters. The zero-order chi connectivity index (χ0) is 7.72. The van der Waals surface area contributed by atoms with Crippen molar-refractivity contribution in [3.8, 4) is 0 Å². The third-order valence-electron chi connectivity index (χ3n) is 2.16. The summed E-state index contributed by atoms with van der Waals surface area (Å²) >= 11 is 0. The molecule has 1 heterocycles. The van der Waals surface area contributed by atoms with E-state index >= 15 is 0 Å². The fourth-order valence-electron chi connectivity index (χ4n) is 1.51. The van der Waals surface area contributed by atoms with E-state index in [9.17, 15) is 4.79 Å². The predicted octanol–water partition coefficient (Wildman–Crippen LogP) is 0.808. The summed E-state index contributed by atoms with van der Waals surface area (Å²) in [5.74, 6) is 0. The quantitative estimate of drug-likeness (QED) is 0.577. The fourth-order valence-corrected chi connectivity index (χ4v) is 1.51. The summed E-state index contributed by atoms with van der Waals surface area (Å²) in [7, 11) is 1.84. The van der Waals surface area contributed by atoms with Gasteiger partial charge in [0.25, 0.3) is 0 Å². The van der Waals surface area contributed by atoms with Crippen molar-refractivity contribution in [1.29, 1.82) is 0 Å². The molecule has 0 aromatic carbocycles. The van der Waals surface area contributed by atoms with E-state index in [0.717, 1.165) is 6.42 Å². The number of carbonyl (C=O) groups is 1. The second-order valence-electron chi connectivity index (χ2n) is 2.82. The Hall–Kier alpha value is -0.730. The van der Waals surface area contributed by atoms with Gasteiger partial charge in [-0.25, -0.2) is 4.79 Å². The Morgan fingerprint density at radius 1 is 1.70 bits per heavy atom. The topological polar surface area (TPSA) is 32.3 Å². The van der Waals surface area contributed by atoms with E-state index in [1.165, 1.54) is 0 Å². The molecular weight excluding hydrogens is 128 g/mol. The number of urea groups is 1. The number of carbonyl (C=O) groups excluding carboxylic acids is 1. The van der Waals surface area contributed by atoms with E-state index in [2.05, 4.69) is 12.2 Å². The molecule has 3 heteroatoms. The molecule has 1 aliphatic rings. The largest absolute Gasteiger partial charge is 0.333 e. The van der Waals surface area contributed by atoms with E-state index in [-0.39, 0.29) is 6.03 Å². The predicted molar refractivity (Wildman–Crippen MR) is 39.8 cm³/mol. The lowest BCUT2D eigenvalue weighted by Gasteiger charge is -2.18. The van der Waals surface area contributed by atoms with Crippen molar-refractivity contribution in [2.45, 2.75) is 32.4 Å². The highest BCUT2D eigenvalue weighted by Crippen LogP contribution is 2.13. The van der Waals surface area contributed by atoms with Crippen molar-refractivity contribution >= 4 is 6.03 Å². The molecule has 10 heavy (non-hydrogen) atoms. The number of nitrogens with one attached hydrogen (secondary N) is 1. The maximum Gasteiger partial charge on any atom is 0.317 e. The summed E-state index contributed by atoms with van der Waals surface area (Å²) in [6.07, 6.45) is 1.02. The molecule has 0 bridgehead atoms. The van der Waals surface area contributed by atoms with E-state index in [1.807, 2.05) is 14.0 Å². The van der Waals surface area contributed by atoms with Crippen LogP contribution in [0.4, 0.5) is 4.79 Å². The lowest BCUT2D eigenvalue weighted by Crippen LogP contribution is -2.31. The molecule has 0 spiro atoms. The van der Waals surface area contributed by atoms with Crippen LogP contribution >= 0.6 is 0 Å². The number of hydrogen-bond donors (Lipinski definition) is 1. The number of nitrogens with zero attached hydrogens (tertiary/aromatic N) is 1. The summed E-state index contributed by atoms with van der Waals surface area (Å²) in [4.78, 5) is 12.7. The molecule has 1 N–H and O–H groups in total. The maximum atomic E-state index is 11.0. The zero-order valence-corrected chi connectivity index (χ0v) is 6.72. The molecule has 1 saturated heterocycles. The Morgan fingerprint density at radius 3 is 2.50 bits per heavy atom. The summed E-state index contributed by atoms with van der Waals surface area (Å²) in [5, 5.41) is 2.85. The van der Waals surface area contributed by atoms with Gasteiger partial charge in [0, 0.05) is 13.1 Å². The number of amides is 2. The monoisotopic (exact) mass is 142 g/mol. The first-order valence-electron chi connectivity index (χ1n) is 3.70. The van der Waals surface area contributed by atoms with Gasteiger partial charge in [-0.1, -0.05) is 6.92 Å². The molecule has 0 aromatic rings. The van der Waals surface area contributed by atoms with Crippen molar-refractivity contribution < 1.29 is 4.79 Å². The van der Waals surface area contributed by atoms with Gasteiger partial charge >= 0.3 is 6.03 Å². The van der Waals surface area contributed by atoms with Crippen molar-refractivity contribution in [1.82, 2.24) is 10.2 Å². The molecule has 3 nitrogen and oxygen atoms in total. The molecule has 0 aromatic heterocycles. The highest BCUT2D eigenvalue weighted by atomic mass is 16.2. The Bertz CT molecular complexity index is 147. The summed E-state index contributed by atoms with van der Waals surface area (Å²) in [6.45, 7) is 4.13. The zero-order valence-electron chi connectivity index (χ0n) is 6.72. The molecule has 0 aliphatic carbocycles. The molecule has 58 valence electrons. The van der Waals surface area contributed by atoms with Crippen LogP contribution in [-0.2, 0) is 0 Å². The number of hydrogen-bond acceptors (Lipinski definition) is 1. The van der Waals surface area contributed by atoms with E-state index in [1.54, 1.807) is 4.90 Å². The second kappa shape index (κ2) is 2.48. The van der Waals surface area contributed by atoms with E-state index in [0.29, 0.717) is 12.1 Å². The Labute approximate surface area is 61.4 Å². The first-order chi connectivity index (χ1) is 4.66. The smallest absolute Gasteiger partial charge is 0.317 e. The molecule has 0 radical (unpaired) electrons. The number of likely N-dealkylation sites (N-methyl/N-ethyl adjacent to an activating group) is 1. The van der Waals surface area contributed by atoms with Crippen LogP contribution in [0.25, 0.3) is 0 Å². The number of rotatable bonds is 1. The minimum atomic E-state index is 0.0550. The van der Waals surface area contributed by atoms with Gasteiger partial charge in [-0.2, -0.15) is 0 Å². The molecule has 1 fully saturated rings. The van der Waals surface area contributed by atoms with E-state index in [4.69, 9.17) is 0 Å². The van der Waals surface area contributed by atoms with Gasteiger partial charge < -0.3 is 10.2 Å². The van der Waals surface area contributed by atoms with Crippen LogP contribution in [0.3, 0.4) is 0 Å². The SMILES string of the molecule is CCC1C(C)NC(=O)N1C. The maximum absolute atomic E-state index is 11.0. The second-order valence-corrected chi connectivity index (χ2v) is 2.82. The minimum Gasteiger partial charge on any atom is -0.333 e. The van der Waals surface area contributed by atoms with Gasteiger partial charge in [-0.3, -0.25) is 0 Å². The fraction of sp³-hybridized carbons (Fsp3) is 0.857. The van der Waals surface area contributed by atoms with Crippen LogP contribution in [0, 0.1) is 0 Å². The average molecular weight is 142 g/mol. The van der Waals surface area contributed by atoms with Crippen LogP contribution < -0.4 is 5.32 Å². The average Bonchev–Trinajstić information content (AvgIpc) is 2.09. The van der Waals surface area contributed by atoms with Crippen LogP contribution in [0.5, 0.6) is 0 Å². The van der Waals surface area contributed by atoms with Crippen molar-refractivity contribution in [3.05, 3.63) is 0 Å². The Balaban J connectivity index is 2.64. The van der Waals surface area contributed by atoms with Crippen LogP contribution in [-0.4, -0.2) is 30.1 Å². The highest BCUT2D eigenvalue weighted by molar-refractivity contribution is 5.77.